The second-order valence-electron chi connectivity index (χ2n) is 22.9. The first-order chi connectivity index (χ1) is 35.4. The molecule has 2 bridgehead atoms. The van der Waals surface area contributed by atoms with Gasteiger partial charge in [0.2, 0.25) is 11.8 Å². The van der Waals surface area contributed by atoms with Gasteiger partial charge in [0.1, 0.15) is 34.6 Å². The molecule has 2 aliphatic carbocycles. The van der Waals surface area contributed by atoms with Crippen molar-refractivity contribution in [3.8, 4) is 23.0 Å². The summed E-state index contributed by atoms with van der Waals surface area (Å²) in [6, 6.07) is 12.5. The zero-order chi connectivity index (χ0) is 49.8. The number of nitrogens with one attached hydrogen (secondary N) is 2. The Morgan fingerprint density at radius 3 is 2.38 bits per heavy atom. The molecular weight excluding hydrogens is 931 g/mol. The molecule has 2 aromatic heterocycles. The summed E-state index contributed by atoms with van der Waals surface area (Å²) in [6.45, 7) is 11.6. The molecule has 3 aromatic carbocycles. The summed E-state index contributed by atoms with van der Waals surface area (Å²) < 4.78 is 39.4. The lowest BCUT2D eigenvalue weighted by Gasteiger charge is -2.54. The number of aromatic nitrogens is 3. The zero-order valence-electron chi connectivity index (χ0n) is 41.6. The highest BCUT2D eigenvalue weighted by atomic mass is 19.1. The summed E-state index contributed by atoms with van der Waals surface area (Å²) in [7, 11) is 0. The molecule has 0 radical (unpaired) electrons. The number of halogens is 2. The van der Waals surface area contributed by atoms with Crippen molar-refractivity contribution >= 4 is 50.9 Å². The lowest BCUT2D eigenvalue weighted by Crippen LogP contribution is -2.53. The number of ether oxygens (including phenoxy) is 1. The van der Waals surface area contributed by atoms with Gasteiger partial charge in [-0.25, -0.2) is 8.78 Å². The number of phenols is 1. The van der Waals surface area contributed by atoms with Crippen molar-refractivity contribution in [2.75, 3.05) is 81.9 Å². The van der Waals surface area contributed by atoms with Crippen molar-refractivity contribution < 1.29 is 33.0 Å². The Morgan fingerprint density at radius 2 is 1.64 bits per heavy atom. The van der Waals surface area contributed by atoms with Gasteiger partial charge in [-0.1, -0.05) is 25.1 Å². The number of piperidine rings is 2. The molecule has 2 saturated carbocycles. The molecule has 17 heteroatoms. The number of benzene rings is 3. The number of pyridine rings is 1. The Hall–Kier alpha value is -6.04. The van der Waals surface area contributed by atoms with Crippen LogP contribution in [0.4, 0.5) is 20.3 Å². The summed E-state index contributed by atoms with van der Waals surface area (Å²) in [5.41, 5.74) is 3.87. The lowest BCUT2D eigenvalue weighted by molar-refractivity contribution is -0.136. The van der Waals surface area contributed by atoms with Gasteiger partial charge in [0.25, 0.3) is 5.91 Å². The van der Waals surface area contributed by atoms with Gasteiger partial charge < -0.3 is 34.8 Å². The molecule has 73 heavy (non-hydrogen) atoms. The fourth-order valence-electron chi connectivity index (χ4n) is 13.9. The van der Waals surface area contributed by atoms with Gasteiger partial charge in [-0.2, -0.15) is 9.97 Å². The highest BCUT2D eigenvalue weighted by Crippen LogP contribution is 2.54. The largest absolute Gasteiger partial charge is 0.508 e. The van der Waals surface area contributed by atoms with E-state index in [-0.39, 0.29) is 59.6 Å². The Morgan fingerprint density at radius 1 is 0.863 bits per heavy atom. The summed E-state index contributed by atoms with van der Waals surface area (Å²) >= 11 is 0. The van der Waals surface area contributed by atoms with E-state index < -0.39 is 23.6 Å². The lowest BCUT2D eigenvalue weighted by atomic mass is 9.57. The fraction of sp³-hybridized carbons (Fsp3) is 0.536. The number of likely N-dealkylation sites (tertiary alicyclic amines) is 1. The minimum absolute atomic E-state index is 0.0106. The summed E-state index contributed by atoms with van der Waals surface area (Å²) in [4.78, 5) is 63.0. The van der Waals surface area contributed by atoms with Gasteiger partial charge in [0.05, 0.1) is 17.7 Å². The molecule has 3 amide bonds. The summed E-state index contributed by atoms with van der Waals surface area (Å²) in [5, 5.41) is 19.1. The van der Waals surface area contributed by atoms with Crippen LogP contribution < -0.4 is 25.2 Å². The first-order valence-corrected chi connectivity index (χ1v) is 26.8. The van der Waals surface area contributed by atoms with Crippen LogP contribution in [0.15, 0.2) is 48.7 Å². The summed E-state index contributed by atoms with van der Waals surface area (Å²) in [6.07, 6.45) is 12.1. The van der Waals surface area contributed by atoms with Crippen molar-refractivity contribution in [2.45, 2.75) is 102 Å². The molecule has 3 N–H and O–H groups in total. The van der Waals surface area contributed by atoms with Crippen LogP contribution in [0.3, 0.4) is 0 Å². The maximum Gasteiger partial charge on any atom is 0.319 e. The van der Waals surface area contributed by atoms with Crippen molar-refractivity contribution in [3.63, 3.8) is 0 Å². The monoisotopic (exact) mass is 995 g/mol. The molecular formula is C56H64F2N10O5. The number of carbonyl (C=O) groups is 3. The van der Waals surface area contributed by atoms with E-state index in [4.69, 9.17) is 19.7 Å². The second-order valence-corrected chi connectivity index (χ2v) is 22.9. The number of imide groups is 1. The Balaban J connectivity index is 0.625. The van der Waals surface area contributed by atoms with Gasteiger partial charge in [-0.05, 0) is 135 Å². The van der Waals surface area contributed by atoms with Crippen LogP contribution in [0.5, 0.6) is 11.8 Å². The first kappa shape index (κ1) is 46.7. The topological polar surface area (TPSA) is 160 Å². The van der Waals surface area contributed by atoms with Crippen LogP contribution in [-0.2, 0) is 22.6 Å². The van der Waals surface area contributed by atoms with Gasteiger partial charge in [0, 0.05) is 100 Å². The Bertz CT molecular complexity index is 3040. The van der Waals surface area contributed by atoms with E-state index >= 15 is 8.78 Å². The number of anilines is 2. The second kappa shape index (κ2) is 18.1. The zero-order valence-corrected chi connectivity index (χ0v) is 41.6. The normalized spacial score (nSPS) is 24.9. The van der Waals surface area contributed by atoms with E-state index in [2.05, 4.69) is 37.2 Å². The predicted octanol–water partition coefficient (Wildman–Crippen LogP) is 6.57. The fourth-order valence-corrected chi connectivity index (χ4v) is 13.9. The number of phenolic OH excluding ortho intramolecular Hbond substituents is 1. The molecule has 382 valence electrons. The van der Waals surface area contributed by atoms with E-state index in [1.165, 1.54) is 36.6 Å². The number of piperazine rings is 2. The number of amides is 3. The SMILES string of the molecule is CCc1cccc2cc(O)cc(-c3ncc4c(N5CC6CCC(C5)N6)nc(OCC5(CN6CCC7(CC6)CC(CN6CCN(c8cc9c(cc8F)C(=O)N([C@H]8CCC(=O)NC8=O)C9)CC6)C7)CC5)nc4c3F)c12. The number of rotatable bonds is 12. The minimum atomic E-state index is -0.725. The Kier molecular flexibility index (Phi) is 11.6. The third-order valence-corrected chi connectivity index (χ3v) is 18.0. The minimum Gasteiger partial charge on any atom is -0.508 e. The van der Waals surface area contributed by atoms with Crippen LogP contribution >= 0.6 is 0 Å². The van der Waals surface area contributed by atoms with E-state index in [9.17, 15) is 19.5 Å². The van der Waals surface area contributed by atoms with Gasteiger partial charge >= 0.3 is 6.01 Å². The van der Waals surface area contributed by atoms with Crippen LogP contribution in [0.1, 0.15) is 92.6 Å². The highest BCUT2D eigenvalue weighted by Gasteiger charge is 2.50. The van der Waals surface area contributed by atoms with Gasteiger partial charge in [-0.3, -0.25) is 29.6 Å². The Labute approximate surface area is 423 Å². The molecule has 8 aliphatic rings. The van der Waals surface area contributed by atoms with E-state index in [1.807, 2.05) is 18.2 Å². The third-order valence-electron chi connectivity index (χ3n) is 18.0. The first-order valence-electron chi connectivity index (χ1n) is 26.8. The average molecular weight is 995 g/mol. The molecule has 6 aliphatic heterocycles. The number of nitrogens with zero attached hydrogens (tertiary/aromatic N) is 8. The van der Waals surface area contributed by atoms with E-state index in [1.54, 1.807) is 24.4 Å². The number of hydrogen-bond acceptors (Lipinski definition) is 13. The number of carbonyl (C=O) groups excluding carboxylic acids is 3. The van der Waals surface area contributed by atoms with Crippen molar-refractivity contribution in [3.05, 3.63) is 77.0 Å². The molecule has 5 saturated heterocycles. The maximum atomic E-state index is 17.2. The molecule has 2 unspecified atom stereocenters. The number of hydrogen-bond donors (Lipinski definition) is 3. The van der Waals surface area contributed by atoms with Crippen molar-refractivity contribution in [1.29, 1.82) is 0 Å². The average Bonchev–Trinajstić information content (AvgIpc) is 3.96. The predicted molar refractivity (Wildman–Crippen MR) is 273 cm³/mol. The van der Waals surface area contributed by atoms with Crippen molar-refractivity contribution in [1.82, 2.24) is 40.3 Å². The van der Waals surface area contributed by atoms with E-state index in [0.717, 1.165) is 106 Å². The molecule has 1 spiro atoms. The standard InChI is InChI=1S/C56H64F2N10O5/c1-2-34-4-3-5-35-20-39(69)22-41(47(34)35)49-48(58)50-42(26-59-49)51(67-29-37-6-7-38(30-67)60-37)63-54(62-50)73-32-56(10-11-56)31-65-14-12-55(13-15-65)24-33(25-55)27-64-16-18-66(19-17-64)45-21-36-28-68(53(72)40(36)23-43(45)57)44-8-9-46(70)61-52(44)71/h3-5,20-23,26,33,37-38,44,60,69H,2,6-19,24-25,27-32H2,1H3,(H,61,70,71)/t37?,38?,44-/m0/s1. The quantitative estimate of drug-likeness (QED) is 0.116. The number of aromatic hydroxyl groups is 1. The van der Waals surface area contributed by atoms with Crippen molar-refractivity contribution in [2.24, 2.45) is 16.7 Å². The van der Waals surface area contributed by atoms with Crippen LogP contribution in [0.2, 0.25) is 0 Å². The molecule has 5 aromatic rings. The molecule has 8 heterocycles. The number of fused-ring (bicyclic) bond motifs is 5. The van der Waals surface area contributed by atoms with Crippen LogP contribution in [0, 0.1) is 28.4 Å². The summed E-state index contributed by atoms with van der Waals surface area (Å²) in [5.74, 6) is -0.749. The molecule has 3 atom stereocenters. The highest BCUT2D eigenvalue weighted by molar-refractivity contribution is 6.06. The number of aryl methyl sites for hydroxylation is 1. The third kappa shape index (κ3) is 8.62. The maximum absolute atomic E-state index is 17.2. The molecule has 15 nitrogen and oxygen atoms in total. The van der Waals surface area contributed by atoms with Gasteiger partial charge in [0.15, 0.2) is 5.82 Å². The molecule has 13 rings (SSSR count). The van der Waals surface area contributed by atoms with Gasteiger partial charge in [-0.15, -0.1) is 0 Å². The molecule has 7 fully saturated rings. The van der Waals surface area contributed by atoms with Crippen LogP contribution in [-0.4, -0.2) is 143 Å². The van der Waals surface area contributed by atoms with Crippen LogP contribution in [0.25, 0.3) is 32.9 Å². The smallest absolute Gasteiger partial charge is 0.319 e. The van der Waals surface area contributed by atoms with E-state index in [0.29, 0.717) is 71.1 Å².